The number of allylic oxidation sites excluding steroid dienone is 3. The van der Waals surface area contributed by atoms with Crippen LogP contribution in [0.25, 0.3) is 0 Å². The van der Waals surface area contributed by atoms with Crippen LogP contribution in [0.4, 0.5) is 0 Å². The Bertz CT molecular complexity index is 195. The van der Waals surface area contributed by atoms with E-state index in [0.717, 1.165) is 44.1 Å². The molecular weight excluding hydrogens is 371 g/mol. The van der Waals surface area contributed by atoms with Crippen LogP contribution in [0, 0.1) is 0 Å². The fourth-order valence-corrected chi connectivity index (χ4v) is 0.831. The van der Waals surface area contributed by atoms with Crippen LogP contribution in [0.1, 0.15) is 73.1 Å². The molecule has 0 aliphatic carbocycles. The molecule has 0 aromatic heterocycles. The Kier molecular flexibility index (Phi) is 56.7. The van der Waals surface area contributed by atoms with Crippen LogP contribution in [0.3, 0.4) is 0 Å². The molecule has 0 aliphatic rings. The minimum atomic E-state index is 0. The Morgan fingerprint density at radius 3 is 1.04 bits per heavy atom. The van der Waals surface area contributed by atoms with Gasteiger partial charge in [-0.25, -0.2) is 0 Å². The quantitative estimate of drug-likeness (QED) is 0.371. The van der Waals surface area contributed by atoms with Crippen molar-refractivity contribution in [3.05, 3.63) is 24.0 Å². The Labute approximate surface area is 163 Å². The van der Waals surface area contributed by atoms with Crippen molar-refractivity contribution >= 4 is 0 Å². The predicted molar refractivity (Wildman–Crippen MR) is 97.2 cm³/mol. The molecule has 0 bridgehead atoms. The third-order valence-electron chi connectivity index (χ3n) is 1.99. The van der Waals surface area contributed by atoms with Crippen molar-refractivity contribution in [2.45, 2.75) is 73.1 Å². The molecule has 5 heteroatoms. The zero-order valence-electron chi connectivity index (χ0n) is 15.9. The molecule has 0 radical (unpaired) electrons. The average molecular weight is 412 g/mol. The summed E-state index contributed by atoms with van der Waals surface area (Å²) in [5, 5.41) is 32.7. The van der Waals surface area contributed by atoms with Gasteiger partial charge in [0, 0.05) is 46.0 Å². The maximum absolute atomic E-state index is 8.52. The first-order chi connectivity index (χ1) is 10.4. The zero-order chi connectivity index (χ0) is 18.2. The van der Waals surface area contributed by atoms with Crippen LogP contribution in [-0.4, -0.2) is 40.2 Å². The van der Waals surface area contributed by atoms with Gasteiger partial charge in [-0.3, -0.25) is 0 Å². The number of hydrogen-bond donors (Lipinski definition) is 4. The summed E-state index contributed by atoms with van der Waals surface area (Å²) in [5.74, 6) is 0.313. The van der Waals surface area contributed by atoms with Gasteiger partial charge in [0.15, 0.2) is 0 Å². The van der Waals surface area contributed by atoms with E-state index in [-0.39, 0.29) is 26.2 Å². The molecule has 0 fully saturated rings. The third-order valence-corrected chi connectivity index (χ3v) is 1.99. The Morgan fingerprint density at radius 1 is 0.783 bits per heavy atom. The van der Waals surface area contributed by atoms with E-state index in [1.807, 2.05) is 6.92 Å². The van der Waals surface area contributed by atoms with Crippen LogP contribution in [-0.2, 0) is 26.2 Å². The smallest absolute Gasteiger partial charge is 0.0894 e. The maximum Gasteiger partial charge on any atom is 0.0894 e. The van der Waals surface area contributed by atoms with Crippen molar-refractivity contribution in [1.82, 2.24) is 0 Å². The zero-order valence-corrected chi connectivity index (χ0v) is 18.4. The molecule has 0 saturated carbocycles. The number of aliphatic hydroxyl groups is 4. The van der Waals surface area contributed by atoms with Gasteiger partial charge in [-0.2, -0.15) is 0 Å². The predicted octanol–water partition coefficient (Wildman–Crippen LogP) is 4.36. The normalized spacial score (nSPS) is 8.96. The molecular formula is C18H40O4Zr. The summed E-state index contributed by atoms with van der Waals surface area (Å²) in [7, 11) is 0. The van der Waals surface area contributed by atoms with Crippen molar-refractivity contribution in [1.29, 1.82) is 0 Å². The first-order valence-corrected chi connectivity index (χ1v) is 8.22. The van der Waals surface area contributed by atoms with E-state index in [4.69, 9.17) is 20.4 Å². The van der Waals surface area contributed by atoms with E-state index in [2.05, 4.69) is 27.4 Å². The Hall–Kier alpha value is 0.0431. The van der Waals surface area contributed by atoms with Crippen LogP contribution >= 0.6 is 0 Å². The van der Waals surface area contributed by atoms with Crippen molar-refractivity contribution in [3.63, 3.8) is 0 Å². The van der Waals surface area contributed by atoms with Crippen LogP contribution in [0.15, 0.2) is 24.0 Å². The summed E-state index contributed by atoms with van der Waals surface area (Å²) in [6.45, 7) is 14.2. The summed E-state index contributed by atoms with van der Waals surface area (Å²) < 4.78 is 0. The van der Waals surface area contributed by atoms with Crippen LogP contribution in [0.5, 0.6) is 0 Å². The molecule has 0 spiro atoms. The molecule has 0 amide bonds. The van der Waals surface area contributed by atoms with E-state index in [0.29, 0.717) is 25.6 Å². The van der Waals surface area contributed by atoms with E-state index < -0.39 is 0 Å². The van der Waals surface area contributed by atoms with Crippen molar-refractivity contribution in [2.75, 3.05) is 19.8 Å². The second-order valence-electron chi connectivity index (χ2n) is 4.86. The molecule has 0 rings (SSSR count). The number of hydrogen-bond acceptors (Lipinski definition) is 4. The SMILES string of the molecule is C=C(C)/C=C(\C)O.CCCCO.CCCCO.CCCCO.[Zr]. The molecule has 4 N–H and O–H groups in total. The second-order valence-corrected chi connectivity index (χ2v) is 4.86. The largest absolute Gasteiger partial charge is 0.513 e. The summed E-state index contributed by atoms with van der Waals surface area (Å²) in [6.07, 6.45) is 7.73. The van der Waals surface area contributed by atoms with E-state index in [9.17, 15) is 0 Å². The van der Waals surface area contributed by atoms with Gasteiger partial charge in [-0.1, -0.05) is 52.2 Å². The van der Waals surface area contributed by atoms with Gasteiger partial charge in [-0.15, -0.1) is 0 Å². The molecule has 4 nitrogen and oxygen atoms in total. The fraction of sp³-hybridized carbons (Fsp3) is 0.778. The van der Waals surface area contributed by atoms with Gasteiger partial charge >= 0.3 is 0 Å². The third kappa shape index (κ3) is 87.8. The van der Waals surface area contributed by atoms with Crippen molar-refractivity contribution in [2.24, 2.45) is 0 Å². The molecule has 0 heterocycles. The Balaban J connectivity index is -0.0000000625. The standard InChI is InChI=1S/C6H10O.3C4H10O.Zr/c1-5(2)4-6(3)7;3*1-2-3-4-5;/h4,7H,1H2,2-3H3;3*5H,2-4H2,1H3;/b6-4+;;;;. The molecule has 23 heavy (non-hydrogen) atoms. The van der Waals surface area contributed by atoms with Crippen molar-refractivity contribution < 1.29 is 46.6 Å². The topological polar surface area (TPSA) is 80.9 Å². The molecule has 0 atom stereocenters. The number of rotatable bonds is 7. The minimum Gasteiger partial charge on any atom is -0.513 e. The molecule has 0 aromatic carbocycles. The molecule has 140 valence electrons. The van der Waals surface area contributed by atoms with Gasteiger partial charge in [0.2, 0.25) is 0 Å². The van der Waals surface area contributed by atoms with Gasteiger partial charge in [0.25, 0.3) is 0 Å². The number of aliphatic hydroxyl groups excluding tert-OH is 4. The monoisotopic (exact) mass is 410 g/mol. The first-order valence-electron chi connectivity index (χ1n) is 8.22. The van der Waals surface area contributed by atoms with Gasteiger partial charge in [0.1, 0.15) is 0 Å². The molecule has 0 saturated heterocycles. The maximum atomic E-state index is 8.52. The fourth-order valence-electron chi connectivity index (χ4n) is 0.831. The second kappa shape index (κ2) is 37.9. The van der Waals surface area contributed by atoms with Crippen LogP contribution in [0.2, 0.25) is 0 Å². The van der Waals surface area contributed by atoms with Crippen molar-refractivity contribution in [3.8, 4) is 0 Å². The summed E-state index contributed by atoms with van der Waals surface area (Å²) >= 11 is 0. The van der Waals surface area contributed by atoms with Crippen LogP contribution < -0.4 is 0 Å². The number of unbranched alkanes of at least 4 members (excludes halogenated alkanes) is 3. The van der Waals surface area contributed by atoms with E-state index >= 15 is 0 Å². The Morgan fingerprint density at radius 2 is 1.04 bits per heavy atom. The average Bonchev–Trinajstić information content (AvgIpc) is 2.42. The van der Waals surface area contributed by atoms with Gasteiger partial charge in [0.05, 0.1) is 5.76 Å². The first kappa shape index (κ1) is 34.4. The minimum absolute atomic E-state index is 0. The summed E-state index contributed by atoms with van der Waals surface area (Å²) in [5.41, 5.74) is 0.875. The summed E-state index contributed by atoms with van der Waals surface area (Å²) in [4.78, 5) is 0. The van der Waals surface area contributed by atoms with E-state index in [1.165, 1.54) is 0 Å². The van der Waals surface area contributed by atoms with Gasteiger partial charge in [-0.05, 0) is 39.2 Å². The molecule has 0 aliphatic heterocycles. The molecule has 0 unspecified atom stereocenters. The van der Waals surface area contributed by atoms with Gasteiger partial charge < -0.3 is 20.4 Å². The van der Waals surface area contributed by atoms with E-state index in [1.54, 1.807) is 13.0 Å². The molecule has 0 aromatic rings. The summed E-state index contributed by atoms with van der Waals surface area (Å²) in [6, 6.07) is 0.